The van der Waals surface area contributed by atoms with Crippen LogP contribution in [-0.2, 0) is 35.1 Å². The third-order valence-corrected chi connectivity index (χ3v) is 5.93. The summed E-state index contributed by atoms with van der Waals surface area (Å²) < 4.78 is 10.7. The quantitative estimate of drug-likeness (QED) is 0.145. The summed E-state index contributed by atoms with van der Waals surface area (Å²) in [6.07, 6.45) is 0.342. The zero-order valence-corrected chi connectivity index (χ0v) is 24.2. The highest BCUT2D eigenvalue weighted by Gasteiger charge is 2.38. The molecule has 3 atom stereocenters. The highest BCUT2D eigenvalue weighted by atomic mass is 16.6. The number of ether oxygens (including phenoxy) is 2. The fraction of sp³-hybridized carbons (Fsp3) is 0.607. The molecule has 40 heavy (non-hydrogen) atoms. The summed E-state index contributed by atoms with van der Waals surface area (Å²) in [6.45, 7) is 10.8. The Morgan fingerprint density at radius 2 is 1.55 bits per heavy atom. The molecule has 1 aliphatic heterocycles. The van der Waals surface area contributed by atoms with Gasteiger partial charge in [-0.05, 0) is 66.4 Å². The van der Waals surface area contributed by atoms with Gasteiger partial charge in [-0.15, -0.1) is 0 Å². The van der Waals surface area contributed by atoms with Crippen molar-refractivity contribution in [1.82, 2.24) is 21.0 Å². The number of hydrogen-bond donors (Lipinski definition) is 4. The molecular weight excluding hydrogens is 518 g/mol. The number of carbonyl (C=O) groups excluding carboxylic acids is 5. The first-order valence-electron chi connectivity index (χ1n) is 13.5. The van der Waals surface area contributed by atoms with E-state index in [9.17, 15) is 24.0 Å². The van der Waals surface area contributed by atoms with Crippen LogP contribution in [-0.4, -0.2) is 70.6 Å². The zero-order chi connectivity index (χ0) is 30.1. The molecule has 4 amide bonds. The minimum atomic E-state index is -1.15. The topological polar surface area (TPSA) is 169 Å². The van der Waals surface area contributed by atoms with E-state index in [0.29, 0.717) is 19.4 Å². The molecule has 0 bridgehead atoms. The second kappa shape index (κ2) is 14.1. The summed E-state index contributed by atoms with van der Waals surface area (Å²) in [5.74, 6) is 2.94. The maximum absolute atomic E-state index is 13.4. The summed E-state index contributed by atoms with van der Waals surface area (Å²) in [5.41, 5.74) is 1.34. The predicted molar refractivity (Wildman–Crippen MR) is 147 cm³/mol. The van der Waals surface area contributed by atoms with Gasteiger partial charge in [-0.1, -0.05) is 30.3 Å². The minimum absolute atomic E-state index is 0.0647. The van der Waals surface area contributed by atoms with E-state index in [4.69, 9.17) is 15.3 Å². The number of rotatable bonds is 10. The standard InChI is InChI=1S/C28H43N5O7/c1-27(2,3)39-22(34)15-14-19(24(36)32-29)30-23(35)20(17-18-11-8-7-9-12-18)31-25(37)21-13-10-16-33(21)26(38)40-28(4,5)6/h7-9,11-12,19-21H,10,13-17,29H2,1-6H3,(H,30,35)(H,31,37)(H,32,36)/t19?,20?,21-/m0/s1. The van der Waals surface area contributed by atoms with E-state index in [2.05, 4.69) is 10.6 Å². The molecule has 222 valence electrons. The molecule has 1 saturated heterocycles. The molecular formula is C28H43N5O7. The molecule has 1 aromatic rings. The molecule has 5 N–H and O–H groups in total. The van der Waals surface area contributed by atoms with Crippen LogP contribution in [0.1, 0.15) is 72.8 Å². The SMILES string of the molecule is CC(C)(C)OC(=O)CCC(NC(=O)C(Cc1ccccc1)NC(=O)[C@@H]1CCCN1C(=O)OC(C)(C)C)C(=O)NN. The van der Waals surface area contributed by atoms with Crippen molar-refractivity contribution in [3.63, 3.8) is 0 Å². The minimum Gasteiger partial charge on any atom is -0.460 e. The van der Waals surface area contributed by atoms with E-state index < -0.39 is 59.1 Å². The van der Waals surface area contributed by atoms with Crippen molar-refractivity contribution in [2.45, 2.75) is 103 Å². The van der Waals surface area contributed by atoms with E-state index in [0.717, 1.165) is 5.56 Å². The van der Waals surface area contributed by atoms with Gasteiger partial charge < -0.3 is 20.1 Å². The normalized spacial score (nSPS) is 16.9. The van der Waals surface area contributed by atoms with Gasteiger partial charge in [0.2, 0.25) is 11.8 Å². The van der Waals surface area contributed by atoms with E-state index in [1.165, 1.54) is 4.90 Å². The van der Waals surface area contributed by atoms with E-state index in [-0.39, 0.29) is 19.3 Å². The van der Waals surface area contributed by atoms with Crippen LogP contribution < -0.4 is 21.9 Å². The molecule has 0 spiro atoms. The molecule has 12 heteroatoms. The van der Waals surface area contributed by atoms with Gasteiger partial charge in [0.1, 0.15) is 29.3 Å². The number of likely N-dealkylation sites (tertiary alicyclic amines) is 1. The largest absolute Gasteiger partial charge is 0.460 e. The van der Waals surface area contributed by atoms with E-state index in [1.54, 1.807) is 53.7 Å². The van der Waals surface area contributed by atoms with Crippen molar-refractivity contribution < 1.29 is 33.4 Å². The Kier molecular flexibility index (Phi) is 11.5. The molecule has 1 fully saturated rings. The lowest BCUT2D eigenvalue weighted by Gasteiger charge is -2.29. The van der Waals surface area contributed by atoms with Gasteiger partial charge in [0.25, 0.3) is 5.91 Å². The van der Waals surface area contributed by atoms with Crippen LogP contribution in [0.5, 0.6) is 0 Å². The number of nitrogens with zero attached hydrogens (tertiary/aromatic N) is 1. The molecule has 2 unspecified atom stereocenters. The molecule has 0 radical (unpaired) electrons. The Morgan fingerprint density at radius 3 is 2.12 bits per heavy atom. The molecule has 0 aliphatic carbocycles. The summed E-state index contributed by atoms with van der Waals surface area (Å²) in [6, 6.07) is 6.01. The van der Waals surface area contributed by atoms with Crippen molar-refractivity contribution in [3.8, 4) is 0 Å². The van der Waals surface area contributed by atoms with Gasteiger partial charge in [-0.3, -0.25) is 29.5 Å². The van der Waals surface area contributed by atoms with Gasteiger partial charge in [0.05, 0.1) is 0 Å². The first-order valence-corrected chi connectivity index (χ1v) is 13.5. The number of nitrogens with one attached hydrogen (secondary N) is 3. The molecule has 12 nitrogen and oxygen atoms in total. The Balaban J connectivity index is 2.19. The number of esters is 1. The summed E-state index contributed by atoms with van der Waals surface area (Å²) in [4.78, 5) is 65.5. The van der Waals surface area contributed by atoms with Crippen molar-refractivity contribution in [2.75, 3.05) is 6.54 Å². The molecule has 0 saturated carbocycles. The third kappa shape index (κ3) is 10.8. The summed E-state index contributed by atoms with van der Waals surface area (Å²) >= 11 is 0. The highest BCUT2D eigenvalue weighted by molar-refractivity contribution is 5.94. The number of amides is 4. The Hall–Kier alpha value is -3.67. The first kappa shape index (κ1) is 32.5. The lowest BCUT2D eigenvalue weighted by molar-refractivity contribution is -0.155. The number of nitrogens with two attached hydrogens (primary N) is 1. The summed E-state index contributed by atoms with van der Waals surface area (Å²) in [5, 5.41) is 5.37. The van der Waals surface area contributed by atoms with Crippen molar-refractivity contribution in [1.29, 1.82) is 0 Å². The first-order chi connectivity index (χ1) is 18.6. The van der Waals surface area contributed by atoms with Gasteiger partial charge in [-0.25, -0.2) is 10.6 Å². The highest BCUT2D eigenvalue weighted by Crippen LogP contribution is 2.21. The van der Waals surface area contributed by atoms with Crippen molar-refractivity contribution >= 4 is 29.8 Å². The molecule has 1 heterocycles. The van der Waals surface area contributed by atoms with Crippen LogP contribution >= 0.6 is 0 Å². The fourth-order valence-electron chi connectivity index (χ4n) is 4.20. The second-order valence-electron chi connectivity index (χ2n) is 11.8. The molecule has 2 rings (SSSR count). The predicted octanol–water partition coefficient (Wildman–Crippen LogP) is 1.71. The van der Waals surface area contributed by atoms with Gasteiger partial charge in [-0.2, -0.15) is 0 Å². The molecule has 1 aromatic carbocycles. The van der Waals surface area contributed by atoms with Gasteiger partial charge in [0.15, 0.2) is 0 Å². The number of benzene rings is 1. The number of hydrogen-bond acceptors (Lipinski definition) is 8. The van der Waals surface area contributed by atoms with Crippen LogP contribution in [0.3, 0.4) is 0 Å². The van der Waals surface area contributed by atoms with Crippen LogP contribution in [0.25, 0.3) is 0 Å². The Bertz CT molecular complexity index is 1050. The maximum Gasteiger partial charge on any atom is 0.410 e. The van der Waals surface area contributed by atoms with Crippen LogP contribution in [0.2, 0.25) is 0 Å². The second-order valence-corrected chi connectivity index (χ2v) is 11.8. The van der Waals surface area contributed by atoms with Gasteiger partial charge >= 0.3 is 12.1 Å². The van der Waals surface area contributed by atoms with Gasteiger partial charge in [0, 0.05) is 19.4 Å². The van der Waals surface area contributed by atoms with Crippen molar-refractivity contribution in [3.05, 3.63) is 35.9 Å². The number of carbonyl (C=O) groups is 5. The lowest BCUT2D eigenvalue weighted by atomic mass is 10.0. The smallest absolute Gasteiger partial charge is 0.410 e. The zero-order valence-electron chi connectivity index (χ0n) is 24.2. The molecule has 1 aliphatic rings. The average molecular weight is 562 g/mol. The molecule has 0 aromatic heterocycles. The van der Waals surface area contributed by atoms with Crippen LogP contribution in [0.4, 0.5) is 4.79 Å². The third-order valence-electron chi connectivity index (χ3n) is 5.93. The maximum atomic E-state index is 13.4. The monoisotopic (exact) mass is 561 g/mol. The van der Waals surface area contributed by atoms with Crippen molar-refractivity contribution in [2.24, 2.45) is 5.84 Å². The summed E-state index contributed by atoms with van der Waals surface area (Å²) in [7, 11) is 0. The van der Waals surface area contributed by atoms with Crippen LogP contribution in [0.15, 0.2) is 30.3 Å². The fourth-order valence-corrected chi connectivity index (χ4v) is 4.20. The average Bonchev–Trinajstić information content (AvgIpc) is 3.34. The van der Waals surface area contributed by atoms with E-state index in [1.807, 2.05) is 23.6 Å². The number of hydrazine groups is 1. The lowest BCUT2D eigenvalue weighted by Crippen LogP contribution is -2.57. The van der Waals surface area contributed by atoms with E-state index >= 15 is 0 Å². The Morgan fingerprint density at radius 1 is 0.925 bits per heavy atom. The Labute approximate surface area is 235 Å². The van der Waals surface area contributed by atoms with Crippen LogP contribution in [0, 0.1) is 0 Å².